The fourth-order valence-corrected chi connectivity index (χ4v) is 3.93. The lowest BCUT2D eigenvalue weighted by molar-refractivity contribution is -0.123. The Balaban J connectivity index is 0.000000499. The number of aryl methyl sites for hydroxylation is 1. The van der Waals surface area contributed by atoms with E-state index < -0.39 is 0 Å². The molecule has 1 atom stereocenters. The van der Waals surface area contributed by atoms with Gasteiger partial charge in [0.2, 0.25) is 0 Å². The molecular formula is C18H32N4O4. The van der Waals surface area contributed by atoms with E-state index in [4.69, 9.17) is 19.8 Å². The summed E-state index contributed by atoms with van der Waals surface area (Å²) in [5.74, 6) is 1.22. The highest BCUT2D eigenvalue weighted by atomic mass is 16.3. The molecule has 1 aromatic rings. The molecule has 8 nitrogen and oxygen atoms in total. The van der Waals surface area contributed by atoms with Gasteiger partial charge in [-0.15, -0.1) is 0 Å². The predicted octanol–water partition coefficient (Wildman–Crippen LogP) is 1.31. The van der Waals surface area contributed by atoms with Crippen molar-refractivity contribution in [1.82, 2.24) is 19.8 Å². The van der Waals surface area contributed by atoms with Gasteiger partial charge in [0.25, 0.3) is 12.9 Å². The van der Waals surface area contributed by atoms with Gasteiger partial charge >= 0.3 is 0 Å². The van der Waals surface area contributed by atoms with Crippen LogP contribution in [0.3, 0.4) is 0 Å². The van der Waals surface area contributed by atoms with Crippen LogP contribution in [0.2, 0.25) is 0 Å². The minimum atomic E-state index is -0.250. The zero-order chi connectivity index (χ0) is 19.4. The number of aromatic nitrogens is 2. The third-order valence-corrected chi connectivity index (χ3v) is 5.33. The monoisotopic (exact) mass is 368 g/mol. The number of likely N-dealkylation sites (tertiary alicyclic amines) is 1. The molecule has 1 aromatic heterocycles. The molecule has 8 heteroatoms. The molecule has 0 aromatic carbocycles. The molecule has 148 valence electrons. The van der Waals surface area contributed by atoms with E-state index in [0.717, 1.165) is 13.0 Å². The van der Waals surface area contributed by atoms with Crippen molar-refractivity contribution in [3.63, 3.8) is 0 Å². The van der Waals surface area contributed by atoms with E-state index in [1.807, 2.05) is 6.20 Å². The van der Waals surface area contributed by atoms with Crippen LogP contribution in [-0.4, -0.2) is 69.8 Å². The maximum atomic E-state index is 8.36. The molecule has 2 saturated heterocycles. The lowest BCUT2D eigenvalue weighted by Crippen LogP contribution is -2.41. The summed E-state index contributed by atoms with van der Waals surface area (Å²) in [5, 5.41) is 17.3. The SMILES string of the molecule is CCc1nccn1CC(C)N1CCC2(CCNCC2)C1.O=CO.O=CO. The number of imidazole rings is 1. The number of piperidine rings is 1. The van der Waals surface area contributed by atoms with Gasteiger partial charge in [0.15, 0.2) is 0 Å². The molecule has 0 bridgehead atoms. The summed E-state index contributed by atoms with van der Waals surface area (Å²) < 4.78 is 2.33. The Bertz CT molecular complexity index is 523. The molecule has 2 aliphatic rings. The smallest absolute Gasteiger partial charge is 0.290 e. The molecular weight excluding hydrogens is 336 g/mol. The fraction of sp³-hybridized carbons (Fsp3) is 0.722. The van der Waals surface area contributed by atoms with Crippen LogP contribution >= 0.6 is 0 Å². The van der Waals surface area contributed by atoms with Crippen LogP contribution in [0.25, 0.3) is 0 Å². The van der Waals surface area contributed by atoms with Crippen molar-refractivity contribution in [2.45, 2.75) is 52.1 Å². The van der Waals surface area contributed by atoms with E-state index in [9.17, 15) is 0 Å². The highest BCUT2D eigenvalue weighted by Gasteiger charge is 2.40. The Morgan fingerprint density at radius 1 is 1.27 bits per heavy atom. The lowest BCUT2D eigenvalue weighted by Gasteiger charge is -2.35. The van der Waals surface area contributed by atoms with Crippen LogP contribution in [0.1, 0.15) is 38.9 Å². The number of carboxylic acid groups (broad SMARTS) is 2. The quantitative estimate of drug-likeness (QED) is 0.688. The van der Waals surface area contributed by atoms with Gasteiger partial charge < -0.3 is 20.1 Å². The number of nitrogens with zero attached hydrogens (tertiary/aromatic N) is 3. The molecule has 3 heterocycles. The topological polar surface area (TPSA) is 108 Å². The highest BCUT2D eigenvalue weighted by Crippen LogP contribution is 2.39. The Labute approximate surface area is 155 Å². The van der Waals surface area contributed by atoms with Gasteiger partial charge in [-0.25, -0.2) is 4.98 Å². The van der Waals surface area contributed by atoms with Gasteiger partial charge in [-0.2, -0.15) is 0 Å². The molecule has 3 rings (SSSR count). The van der Waals surface area contributed by atoms with Crippen LogP contribution < -0.4 is 5.32 Å². The summed E-state index contributed by atoms with van der Waals surface area (Å²) in [6, 6.07) is 0.615. The number of rotatable bonds is 4. The minimum Gasteiger partial charge on any atom is -0.483 e. The first kappa shape index (κ1) is 22.1. The number of nitrogens with one attached hydrogen (secondary N) is 1. The molecule has 2 aliphatic heterocycles. The third kappa shape index (κ3) is 6.42. The van der Waals surface area contributed by atoms with Crippen LogP contribution in [-0.2, 0) is 22.6 Å². The predicted molar refractivity (Wildman–Crippen MR) is 99.2 cm³/mol. The van der Waals surface area contributed by atoms with E-state index in [-0.39, 0.29) is 12.9 Å². The summed E-state index contributed by atoms with van der Waals surface area (Å²) in [5.41, 5.74) is 0.613. The van der Waals surface area contributed by atoms with Crippen molar-refractivity contribution in [2.75, 3.05) is 26.2 Å². The molecule has 0 saturated carbocycles. The van der Waals surface area contributed by atoms with E-state index in [0.29, 0.717) is 11.5 Å². The lowest BCUT2D eigenvalue weighted by atomic mass is 9.78. The molecule has 1 unspecified atom stereocenters. The normalized spacial score (nSPS) is 19.6. The van der Waals surface area contributed by atoms with Crippen molar-refractivity contribution in [3.05, 3.63) is 18.2 Å². The Morgan fingerprint density at radius 3 is 2.46 bits per heavy atom. The zero-order valence-electron chi connectivity index (χ0n) is 15.8. The van der Waals surface area contributed by atoms with Gasteiger partial charge in [0.1, 0.15) is 5.82 Å². The highest BCUT2D eigenvalue weighted by molar-refractivity contribution is 5.33. The summed E-state index contributed by atoms with van der Waals surface area (Å²) >= 11 is 0. The molecule has 0 amide bonds. The summed E-state index contributed by atoms with van der Waals surface area (Å²) in [7, 11) is 0. The third-order valence-electron chi connectivity index (χ3n) is 5.33. The summed E-state index contributed by atoms with van der Waals surface area (Å²) in [4.78, 5) is 23.9. The van der Waals surface area contributed by atoms with Crippen molar-refractivity contribution in [2.24, 2.45) is 5.41 Å². The van der Waals surface area contributed by atoms with E-state index in [2.05, 4.69) is 39.8 Å². The zero-order valence-corrected chi connectivity index (χ0v) is 15.8. The average molecular weight is 368 g/mol. The number of carbonyl (C=O) groups is 2. The van der Waals surface area contributed by atoms with Gasteiger partial charge in [-0.05, 0) is 51.2 Å². The number of hydrogen-bond acceptors (Lipinski definition) is 5. The largest absolute Gasteiger partial charge is 0.483 e. The Kier molecular flexibility index (Phi) is 9.90. The van der Waals surface area contributed by atoms with Gasteiger partial charge in [-0.3, -0.25) is 14.5 Å². The second-order valence-electron chi connectivity index (χ2n) is 6.88. The van der Waals surface area contributed by atoms with E-state index in [1.54, 1.807) is 0 Å². The maximum Gasteiger partial charge on any atom is 0.290 e. The van der Waals surface area contributed by atoms with Crippen molar-refractivity contribution < 1.29 is 19.8 Å². The molecule has 0 aliphatic carbocycles. The Morgan fingerprint density at radius 2 is 1.88 bits per heavy atom. The Hall–Kier alpha value is -1.93. The van der Waals surface area contributed by atoms with Crippen molar-refractivity contribution in [3.8, 4) is 0 Å². The van der Waals surface area contributed by atoms with E-state index in [1.165, 1.54) is 51.3 Å². The first-order valence-corrected chi connectivity index (χ1v) is 9.16. The van der Waals surface area contributed by atoms with Crippen LogP contribution in [0.5, 0.6) is 0 Å². The molecule has 26 heavy (non-hydrogen) atoms. The van der Waals surface area contributed by atoms with Gasteiger partial charge in [-0.1, -0.05) is 6.92 Å². The summed E-state index contributed by atoms with van der Waals surface area (Å²) in [6.07, 6.45) is 9.21. The molecule has 2 fully saturated rings. The first-order chi connectivity index (χ1) is 12.6. The molecule has 3 N–H and O–H groups in total. The van der Waals surface area contributed by atoms with Crippen molar-refractivity contribution in [1.29, 1.82) is 0 Å². The van der Waals surface area contributed by atoms with Crippen LogP contribution in [0, 0.1) is 5.41 Å². The van der Waals surface area contributed by atoms with Crippen LogP contribution in [0.4, 0.5) is 0 Å². The first-order valence-electron chi connectivity index (χ1n) is 9.16. The van der Waals surface area contributed by atoms with Gasteiger partial charge in [0.05, 0.1) is 0 Å². The second-order valence-corrected chi connectivity index (χ2v) is 6.88. The van der Waals surface area contributed by atoms with E-state index >= 15 is 0 Å². The maximum absolute atomic E-state index is 8.36. The van der Waals surface area contributed by atoms with Gasteiger partial charge in [0, 0.05) is 37.9 Å². The van der Waals surface area contributed by atoms with Crippen molar-refractivity contribution >= 4 is 12.9 Å². The minimum absolute atomic E-state index is 0.250. The summed E-state index contributed by atoms with van der Waals surface area (Å²) in [6.45, 7) is 10.1. The van der Waals surface area contributed by atoms with Crippen LogP contribution in [0.15, 0.2) is 12.4 Å². The fourth-order valence-electron chi connectivity index (χ4n) is 3.93. The second kappa shape index (κ2) is 11.6. The molecule has 1 spiro atoms. The molecule has 0 radical (unpaired) electrons. The number of hydrogen-bond donors (Lipinski definition) is 3. The average Bonchev–Trinajstić information content (AvgIpc) is 3.24. The standard InChI is InChI=1S/C16H28N4.2CH2O2/c1-3-15-18-9-11-19(15)12-14(2)20-10-6-16(13-20)4-7-17-8-5-16;2*2-1-3/h9,11,14,17H,3-8,10,12-13H2,1-2H3;2*1H,(H,2,3).